The van der Waals surface area contributed by atoms with Crippen molar-refractivity contribution in [2.45, 2.75) is 0 Å². The molecule has 2 amide bonds. The first-order chi connectivity index (χ1) is 11.1. The summed E-state index contributed by atoms with van der Waals surface area (Å²) in [5.41, 5.74) is 0.306. The van der Waals surface area contributed by atoms with Gasteiger partial charge in [0.05, 0.1) is 6.26 Å². The third-order valence-corrected chi connectivity index (χ3v) is 3.32. The van der Waals surface area contributed by atoms with Crippen molar-refractivity contribution in [2.24, 2.45) is 0 Å². The van der Waals surface area contributed by atoms with Crippen molar-refractivity contribution in [3.63, 3.8) is 0 Å². The number of amides is 2. The number of furan rings is 1. The maximum atomic E-state index is 13.5. The molecule has 2 rings (SSSR count). The fourth-order valence-electron chi connectivity index (χ4n) is 1.72. The van der Waals surface area contributed by atoms with Crippen LogP contribution in [0.25, 0.3) is 6.08 Å². The van der Waals surface area contributed by atoms with Crippen LogP contribution in [0.4, 0.5) is 4.39 Å². The Hall–Kier alpha value is -2.41. The predicted molar refractivity (Wildman–Crippen MR) is 87.2 cm³/mol. The highest BCUT2D eigenvalue weighted by molar-refractivity contribution is 9.10. The third kappa shape index (κ3) is 5.37. The molecule has 2 aromatic rings. The standard InChI is InChI=1S/C16H14BrFN2O3/c17-12-4-5-13(18)11(10-12)3-6-15(21)19-7-8-20-16(22)14-2-1-9-23-14/h1-6,9-10H,7-8H2,(H,19,21)(H,20,22)/b6-3+. The summed E-state index contributed by atoms with van der Waals surface area (Å²) < 4.78 is 19.1. The average Bonchev–Trinajstić information content (AvgIpc) is 3.06. The van der Waals surface area contributed by atoms with Crippen molar-refractivity contribution in [3.8, 4) is 0 Å². The topological polar surface area (TPSA) is 71.3 Å². The Bertz CT molecular complexity index is 714. The molecule has 23 heavy (non-hydrogen) atoms. The molecule has 0 aliphatic heterocycles. The molecule has 0 unspecified atom stereocenters. The molecule has 0 bridgehead atoms. The van der Waals surface area contributed by atoms with E-state index >= 15 is 0 Å². The van der Waals surface area contributed by atoms with Crippen LogP contribution in [0.1, 0.15) is 16.1 Å². The normalized spacial score (nSPS) is 10.7. The summed E-state index contributed by atoms with van der Waals surface area (Å²) in [6.07, 6.45) is 4.03. The third-order valence-electron chi connectivity index (χ3n) is 2.83. The zero-order valence-corrected chi connectivity index (χ0v) is 13.6. The van der Waals surface area contributed by atoms with Gasteiger partial charge in [0.2, 0.25) is 5.91 Å². The van der Waals surface area contributed by atoms with Gasteiger partial charge in [0.25, 0.3) is 5.91 Å². The quantitative estimate of drug-likeness (QED) is 0.597. The lowest BCUT2D eigenvalue weighted by molar-refractivity contribution is -0.116. The molecule has 1 aromatic heterocycles. The van der Waals surface area contributed by atoms with E-state index in [2.05, 4.69) is 26.6 Å². The molecule has 120 valence electrons. The predicted octanol–water partition coefficient (Wildman–Crippen LogP) is 2.74. The van der Waals surface area contributed by atoms with Gasteiger partial charge in [0.15, 0.2) is 5.76 Å². The van der Waals surface area contributed by atoms with Crippen LogP contribution in [0, 0.1) is 5.82 Å². The van der Waals surface area contributed by atoms with E-state index in [0.29, 0.717) is 5.56 Å². The summed E-state index contributed by atoms with van der Waals surface area (Å²) in [5.74, 6) is -0.933. The van der Waals surface area contributed by atoms with E-state index in [1.807, 2.05) is 0 Å². The number of hydrogen-bond donors (Lipinski definition) is 2. The maximum Gasteiger partial charge on any atom is 0.287 e. The molecule has 2 N–H and O–H groups in total. The second-order valence-corrected chi connectivity index (χ2v) is 5.44. The summed E-state index contributed by atoms with van der Waals surface area (Å²) in [6.45, 7) is 0.501. The van der Waals surface area contributed by atoms with Gasteiger partial charge in [-0.25, -0.2) is 4.39 Å². The smallest absolute Gasteiger partial charge is 0.287 e. The summed E-state index contributed by atoms with van der Waals surface area (Å²) in [5, 5.41) is 5.18. The van der Waals surface area contributed by atoms with Gasteiger partial charge in [-0.1, -0.05) is 15.9 Å². The zero-order chi connectivity index (χ0) is 16.7. The van der Waals surface area contributed by atoms with Crippen LogP contribution in [0.3, 0.4) is 0 Å². The van der Waals surface area contributed by atoms with Gasteiger partial charge in [-0.05, 0) is 36.4 Å². The van der Waals surface area contributed by atoms with Crippen molar-refractivity contribution in [3.05, 3.63) is 64.3 Å². The summed E-state index contributed by atoms with van der Waals surface area (Å²) >= 11 is 3.24. The van der Waals surface area contributed by atoms with Crippen molar-refractivity contribution < 1.29 is 18.4 Å². The van der Waals surface area contributed by atoms with Gasteiger partial charge in [0, 0.05) is 29.2 Å². The van der Waals surface area contributed by atoms with Gasteiger partial charge in [-0.2, -0.15) is 0 Å². The molecular formula is C16H14BrFN2O3. The molecule has 0 aliphatic carbocycles. The van der Waals surface area contributed by atoms with Crippen LogP contribution in [0.2, 0.25) is 0 Å². The second kappa shape index (κ2) is 8.28. The fraction of sp³-hybridized carbons (Fsp3) is 0.125. The molecular weight excluding hydrogens is 367 g/mol. The number of nitrogens with one attached hydrogen (secondary N) is 2. The second-order valence-electron chi connectivity index (χ2n) is 4.52. The van der Waals surface area contributed by atoms with Crippen LogP contribution >= 0.6 is 15.9 Å². The van der Waals surface area contributed by atoms with E-state index in [0.717, 1.165) is 4.47 Å². The molecule has 0 radical (unpaired) electrons. The first kappa shape index (κ1) is 17.0. The molecule has 0 saturated carbocycles. The molecule has 5 nitrogen and oxygen atoms in total. The highest BCUT2D eigenvalue weighted by atomic mass is 79.9. The van der Waals surface area contributed by atoms with Crippen LogP contribution in [0.5, 0.6) is 0 Å². The monoisotopic (exact) mass is 380 g/mol. The van der Waals surface area contributed by atoms with Gasteiger partial charge in [-0.15, -0.1) is 0 Å². The molecule has 1 aromatic carbocycles. The Morgan fingerprint density at radius 1 is 1.22 bits per heavy atom. The minimum absolute atomic E-state index is 0.210. The Morgan fingerprint density at radius 3 is 2.74 bits per heavy atom. The van der Waals surface area contributed by atoms with Gasteiger partial charge >= 0.3 is 0 Å². The van der Waals surface area contributed by atoms with E-state index in [-0.39, 0.29) is 30.7 Å². The lowest BCUT2D eigenvalue weighted by atomic mass is 10.2. The highest BCUT2D eigenvalue weighted by Crippen LogP contribution is 2.16. The molecule has 0 fully saturated rings. The Kier molecular flexibility index (Phi) is 6.10. The first-order valence-electron chi connectivity index (χ1n) is 6.79. The minimum Gasteiger partial charge on any atom is -0.459 e. The fourth-order valence-corrected chi connectivity index (χ4v) is 2.10. The minimum atomic E-state index is -0.414. The summed E-state index contributed by atoms with van der Waals surface area (Å²) in [6, 6.07) is 7.62. The van der Waals surface area contributed by atoms with E-state index in [4.69, 9.17) is 4.42 Å². The van der Waals surface area contributed by atoms with Crippen LogP contribution in [-0.2, 0) is 4.79 Å². The van der Waals surface area contributed by atoms with Gasteiger partial charge in [0.1, 0.15) is 5.82 Å². The summed E-state index contributed by atoms with van der Waals surface area (Å²) in [7, 11) is 0. The first-order valence-corrected chi connectivity index (χ1v) is 7.58. The Labute approximate surface area is 140 Å². The summed E-state index contributed by atoms with van der Waals surface area (Å²) in [4.78, 5) is 23.2. The molecule has 7 heteroatoms. The Morgan fingerprint density at radius 2 is 2.00 bits per heavy atom. The number of halogens is 2. The number of carbonyl (C=O) groups is 2. The van der Waals surface area contributed by atoms with Crippen molar-refractivity contribution in [1.82, 2.24) is 10.6 Å². The van der Waals surface area contributed by atoms with Crippen LogP contribution in [0.15, 0.2) is 51.6 Å². The lowest BCUT2D eigenvalue weighted by Gasteiger charge is -2.04. The number of hydrogen-bond acceptors (Lipinski definition) is 3. The SMILES string of the molecule is O=C(/C=C/c1cc(Br)ccc1F)NCCNC(=O)c1ccco1. The van der Waals surface area contributed by atoms with E-state index in [1.165, 1.54) is 24.5 Å². The lowest BCUT2D eigenvalue weighted by Crippen LogP contribution is -2.33. The van der Waals surface area contributed by atoms with E-state index in [1.54, 1.807) is 24.3 Å². The number of benzene rings is 1. The van der Waals surface area contributed by atoms with Gasteiger partial charge < -0.3 is 15.1 Å². The van der Waals surface area contributed by atoms with Crippen LogP contribution in [-0.4, -0.2) is 24.9 Å². The van der Waals surface area contributed by atoms with E-state index < -0.39 is 5.82 Å². The van der Waals surface area contributed by atoms with Crippen molar-refractivity contribution in [1.29, 1.82) is 0 Å². The number of rotatable bonds is 6. The largest absolute Gasteiger partial charge is 0.459 e. The van der Waals surface area contributed by atoms with Crippen LogP contribution < -0.4 is 10.6 Å². The zero-order valence-electron chi connectivity index (χ0n) is 12.0. The molecule has 1 heterocycles. The van der Waals surface area contributed by atoms with Gasteiger partial charge in [-0.3, -0.25) is 9.59 Å². The maximum absolute atomic E-state index is 13.5. The van der Waals surface area contributed by atoms with Crippen molar-refractivity contribution >= 4 is 33.8 Å². The highest BCUT2D eigenvalue weighted by Gasteiger charge is 2.06. The molecule has 0 aliphatic rings. The number of carbonyl (C=O) groups excluding carboxylic acids is 2. The molecule has 0 spiro atoms. The average molecular weight is 381 g/mol. The molecule has 0 atom stereocenters. The molecule has 0 saturated heterocycles. The van der Waals surface area contributed by atoms with E-state index in [9.17, 15) is 14.0 Å². The Balaban J connectivity index is 1.74. The van der Waals surface area contributed by atoms with Crippen molar-refractivity contribution in [2.75, 3.05) is 13.1 Å².